The first-order chi connectivity index (χ1) is 16.3. The van der Waals surface area contributed by atoms with E-state index in [9.17, 15) is 9.59 Å². The monoisotopic (exact) mass is 565 g/mol. The summed E-state index contributed by atoms with van der Waals surface area (Å²) in [6.45, 7) is 3.97. The minimum atomic E-state index is -0.661. The van der Waals surface area contributed by atoms with Crippen LogP contribution in [0.25, 0.3) is 0 Å². The summed E-state index contributed by atoms with van der Waals surface area (Å²) in [5.41, 5.74) is 1.84. The average Bonchev–Trinajstić information content (AvgIpc) is 3.18. The second kappa shape index (κ2) is 12.2. The van der Waals surface area contributed by atoms with E-state index in [4.69, 9.17) is 16.3 Å². The molecule has 0 unspecified atom stereocenters. The molecular weight excluding hydrogens is 542 g/mol. The highest BCUT2D eigenvalue weighted by Crippen LogP contribution is 2.26. The fraction of sp³-hybridized carbons (Fsp3) is 0.304. The van der Waals surface area contributed by atoms with Gasteiger partial charge in [0.05, 0.1) is 17.3 Å². The third-order valence-electron chi connectivity index (χ3n) is 4.90. The number of carbonyl (C=O) groups excluding carboxylic acids is 2. The van der Waals surface area contributed by atoms with Crippen LogP contribution in [-0.2, 0) is 29.6 Å². The first-order valence-electron chi connectivity index (χ1n) is 10.6. The Hall–Kier alpha value is -2.56. The van der Waals surface area contributed by atoms with E-state index in [1.165, 1.54) is 17.3 Å². The number of aryl methyl sites for hydroxylation is 1. The number of aromatic nitrogens is 3. The molecule has 1 atom stereocenters. The van der Waals surface area contributed by atoms with Gasteiger partial charge < -0.3 is 19.9 Å². The third kappa shape index (κ3) is 7.22. The highest BCUT2D eigenvalue weighted by atomic mass is 79.9. The van der Waals surface area contributed by atoms with Crippen LogP contribution < -0.4 is 15.4 Å². The molecule has 0 radical (unpaired) electrons. The highest BCUT2D eigenvalue weighted by molar-refractivity contribution is 9.10. The van der Waals surface area contributed by atoms with E-state index in [1.807, 2.05) is 24.3 Å². The number of thioether (sulfide) groups is 1. The van der Waals surface area contributed by atoms with Gasteiger partial charge in [0.2, 0.25) is 5.91 Å². The van der Waals surface area contributed by atoms with E-state index in [1.54, 1.807) is 36.7 Å². The van der Waals surface area contributed by atoms with E-state index in [0.717, 1.165) is 6.42 Å². The van der Waals surface area contributed by atoms with Gasteiger partial charge in [-0.05, 0) is 65.2 Å². The molecule has 2 amide bonds. The molecule has 3 rings (SSSR count). The molecule has 11 heteroatoms. The number of anilines is 1. The quantitative estimate of drug-likeness (QED) is 0.348. The summed E-state index contributed by atoms with van der Waals surface area (Å²) in [6.07, 6.45) is 0.283. The molecule has 3 aromatic rings. The van der Waals surface area contributed by atoms with Crippen LogP contribution in [-0.4, -0.2) is 38.4 Å². The van der Waals surface area contributed by atoms with Gasteiger partial charge in [-0.25, -0.2) is 0 Å². The van der Waals surface area contributed by atoms with Crippen molar-refractivity contribution in [3.05, 3.63) is 63.3 Å². The molecule has 0 fully saturated rings. The largest absolute Gasteiger partial charge is 0.481 e. The molecule has 1 heterocycles. The normalized spacial score (nSPS) is 11.7. The number of hydrogen-bond donors (Lipinski definition) is 2. The molecule has 0 saturated heterocycles. The molecule has 180 valence electrons. The van der Waals surface area contributed by atoms with Crippen molar-refractivity contribution in [3.8, 4) is 5.75 Å². The highest BCUT2D eigenvalue weighted by Gasteiger charge is 2.17. The molecule has 0 spiro atoms. The lowest BCUT2D eigenvalue weighted by Gasteiger charge is -2.15. The lowest BCUT2D eigenvalue weighted by molar-refractivity contribution is -0.127. The standard InChI is InChI=1S/C23H25BrClN5O3S/c1-4-15-5-8-17(9-6-15)33-14(2)22(32)26-12-20-28-29-23(30(20)3)34-13-21(31)27-16-7-10-19(25)18(24)11-16/h5-11,14H,4,12-13H2,1-3H3,(H,26,32)(H,27,31)/t14-/m1/s1. The second-order valence-corrected chi connectivity index (χ2v) is 9.60. The summed E-state index contributed by atoms with van der Waals surface area (Å²) in [7, 11) is 1.78. The van der Waals surface area contributed by atoms with E-state index in [0.29, 0.717) is 31.9 Å². The number of ether oxygens (including phenoxy) is 1. The van der Waals surface area contributed by atoms with Gasteiger partial charge in [-0.1, -0.05) is 42.4 Å². The Balaban J connectivity index is 1.47. The number of rotatable bonds is 10. The predicted molar refractivity (Wildman–Crippen MR) is 137 cm³/mol. The van der Waals surface area contributed by atoms with Crippen LogP contribution in [0, 0.1) is 0 Å². The smallest absolute Gasteiger partial charge is 0.261 e. The second-order valence-electron chi connectivity index (χ2n) is 7.40. The topological polar surface area (TPSA) is 98.1 Å². The fourth-order valence-electron chi connectivity index (χ4n) is 2.90. The molecular formula is C23H25BrClN5O3S. The Kier molecular flexibility index (Phi) is 9.37. The van der Waals surface area contributed by atoms with Crippen molar-refractivity contribution in [2.24, 2.45) is 7.05 Å². The van der Waals surface area contributed by atoms with Gasteiger partial charge in [0, 0.05) is 17.2 Å². The SMILES string of the molecule is CCc1ccc(O[C@H](C)C(=O)NCc2nnc(SCC(=O)Nc3ccc(Cl)c(Br)c3)n2C)cc1. The summed E-state index contributed by atoms with van der Waals surface area (Å²) in [5, 5.41) is 15.0. The van der Waals surface area contributed by atoms with Gasteiger partial charge in [0.25, 0.3) is 5.91 Å². The van der Waals surface area contributed by atoms with Crippen molar-refractivity contribution in [3.63, 3.8) is 0 Å². The van der Waals surface area contributed by atoms with Crippen LogP contribution in [0.15, 0.2) is 52.1 Å². The summed E-state index contributed by atoms with van der Waals surface area (Å²) >= 11 is 10.6. The molecule has 34 heavy (non-hydrogen) atoms. The van der Waals surface area contributed by atoms with Gasteiger partial charge in [0.15, 0.2) is 17.1 Å². The van der Waals surface area contributed by atoms with Crippen molar-refractivity contribution in [1.82, 2.24) is 20.1 Å². The van der Waals surface area contributed by atoms with E-state index in [-0.39, 0.29) is 24.1 Å². The molecule has 0 bridgehead atoms. The van der Waals surface area contributed by atoms with Crippen LogP contribution in [0.1, 0.15) is 25.2 Å². The van der Waals surface area contributed by atoms with Gasteiger partial charge >= 0.3 is 0 Å². The maximum atomic E-state index is 12.4. The van der Waals surface area contributed by atoms with Gasteiger partial charge in [0.1, 0.15) is 5.75 Å². The van der Waals surface area contributed by atoms with Gasteiger partial charge in [-0.3, -0.25) is 9.59 Å². The van der Waals surface area contributed by atoms with Crippen molar-refractivity contribution >= 4 is 56.8 Å². The first-order valence-corrected chi connectivity index (χ1v) is 12.7. The van der Waals surface area contributed by atoms with Gasteiger partial charge in [-0.15, -0.1) is 10.2 Å². The zero-order valence-electron chi connectivity index (χ0n) is 19.0. The molecule has 0 saturated carbocycles. The Labute approximate surface area is 215 Å². The van der Waals surface area contributed by atoms with E-state index >= 15 is 0 Å². The zero-order valence-corrected chi connectivity index (χ0v) is 22.1. The summed E-state index contributed by atoms with van der Waals surface area (Å²) in [6, 6.07) is 12.8. The molecule has 2 N–H and O–H groups in total. The lowest BCUT2D eigenvalue weighted by Crippen LogP contribution is -2.36. The number of nitrogens with one attached hydrogen (secondary N) is 2. The summed E-state index contributed by atoms with van der Waals surface area (Å²) in [4.78, 5) is 24.7. The number of nitrogens with zero attached hydrogens (tertiary/aromatic N) is 3. The van der Waals surface area contributed by atoms with Crippen LogP contribution in [0.4, 0.5) is 5.69 Å². The summed E-state index contributed by atoms with van der Waals surface area (Å²) < 4.78 is 8.16. The predicted octanol–water partition coefficient (Wildman–Crippen LogP) is 4.61. The Morgan fingerprint density at radius 1 is 1.21 bits per heavy atom. The number of halogens is 2. The van der Waals surface area contributed by atoms with Crippen molar-refractivity contribution in [2.45, 2.75) is 38.1 Å². The van der Waals surface area contributed by atoms with E-state index < -0.39 is 6.10 Å². The molecule has 0 aliphatic rings. The number of carbonyl (C=O) groups is 2. The van der Waals surface area contributed by atoms with Gasteiger partial charge in [-0.2, -0.15) is 0 Å². The van der Waals surface area contributed by atoms with Crippen molar-refractivity contribution in [1.29, 1.82) is 0 Å². The van der Waals surface area contributed by atoms with Crippen LogP contribution in [0.3, 0.4) is 0 Å². The average molecular weight is 567 g/mol. The maximum absolute atomic E-state index is 12.4. The van der Waals surface area contributed by atoms with Crippen LogP contribution in [0.2, 0.25) is 5.02 Å². The Morgan fingerprint density at radius 2 is 1.94 bits per heavy atom. The van der Waals surface area contributed by atoms with Crippen molar-refractivity contribution < 1.29 is 14.3 Å². The lowest BCUT2D eigenvalue weighted by atomic mass is 10.2. The Bertz CT molecular complexity index is 1160. The zero-order chi connectivity index (χ0) is 24.7. The minimum absolute atomic E-state index is 0.153. The first kappa shape index (κ1) is 26.1. The summed E-state index contributed by atoms with van der Waals surface area (Å²) in [5.74, 6) is 0.916. The van der Waals surface area contributed by atoms with Crippen LogP contribution in [0.5, 0.6) is 5.75 Å². The molecule has 8 nitrogen and oxygen atoms in total. The number of amides is 2. The fourth-order valence-corrected chi connectivity index (χ4v) is 4.12. The molecule has 0 aliphatic heterocycles. The Morgan fingerprint density at radius 3 is 2.62 bits per heavy atom. The van der Waals surface area contributed by atoms with Crippen LogP contribution >= 0.6 is 39.3 Å². The number of benzene rings is 2. The maximum Gasteiger partial charge on any atom is 0.261 e. The minimum Gasteiger partial charge on any atom is -0.481 e. The molecule has 0 aliphatic carbocycles. The third-order valence-corrected chi connectivity index (χ3v) is 7.13. The molecule has 1 aromatic heterocycles. The number of hydrogen-bond acceptors (Lipinski definition) is 6. The van der Waals surface area contributed by atoms with Crippen molar-refractivity contribution in [2.75, 3.05) is 11.1 Å². The molecule has 2 aromatic carbocycles. The van der Waals surface area contributed by atoms with E-state index in [2.05, 4.69) is 43.7 Å².